The Morgan fingerprint density at radius 2 is 1.68 bits per heavy atom. The average Bonchev–Trinajstić information content (AvgIpc) is 3.33. The third kappa shape index (κ3) is 3.95. The summed E-state index contributed by atoms with van der Waals surface area (Å²) in [4.78, 5) is 4.61. The molecule has 1 aliphatic rings. The number of benzene rings is 3. The van der Waals surface area contributed by atoms with Crippen molar-refractivity contribution in [1.29, 1.82) is 0 Å². The van der Waals surface area contributed by atoms with Gasteiger partial charge >= 0.3 is 0 Å². The molecule has 0 atom stereocenters. The fourth-order valence-electron chi connectivity index (χ4n) is 3.91. The molecule has 166 valence electrons. The maximum atomic E-state index is 5.78. The summed E-state index contributed by atoms with van der Waals surface area (Å²) in [6.45, 7) is 1.09. The van der Waals surface area contributed by atoms with Gasteiger partial charge in [0, 0.05) is 22.7 Å². The Bertz CT molecular complexity index is 1490. The zero-order valence-corrected chi connectivity index (χ0v) is 18.3. The highest BCUT2D eigenvalue weighted by Crippen LogP contribution is 2.35. The van der Waals surface area contributed by atoms with Crippen molar-refractivity contribution in [2.24, 2.45) is 5.10 Å². The smallest absolute Gasteiger partial charge is 0.162 e. The summed E-state index contributed by atoms with van der Waals surface area (Å²) in [5, 5.41) is 10.4. The second-order valence-electron chi connectivity index (χ2n) is 7.83. The van der Waals surface area contributed by atoms with Gasteiger partial charge in [-0.05, 0) is 48.5 Å². The number of para-hydroxylation sites is 2. The molecule has 34 heavy (non-hydrogen) atoms. The first-order valence-corrected chi connectivity index (χ1v) is 11.0. The molecule has 0 bridgehead atoms. The van der Waals surface area contributed by atoms with Crippen LogP contribution in [0.1, 0.15) is 5.56 Å². The van der Waals surface area contributed by atoms with Gasteiger partial charge in [0.05, 0.1) is 17.4 Å². The Morgan fingerprint density at radius 1 is 0.853 bits per heavy atom. The van der Waals surface area contributed by atoms with Crippen molar-refractivity contribution in [3.05, 3.63) is 96.7 Å². The highest BCUT2D eigenvalue weighted by atomic mass is 16.6. The predicted octanol–water partition coefficient (Wildman–Crippen LogP) is 5.30. The van der Waals surface area contributed by atoms with Gasteiger partial charge in [0.1, 0.15) is 24.7 Å². The Kier molecular flexibility index (Phi) is 5.12. The molecule has 0 fully saturated rings. The van der Waals surface area contributed by atoms with Gasteiger partial charge in [0.25, 0.3) is 0 Å². The molecule has 3 aromatic carbocycles. The number of aromatic nitrogens is 3. The van der Waals surface area contributed by atoms with Crippen LogP contribution in [0.4, 0.5) is 5.82 Å². The van der Waals surface area contributed by atoms with Crippen molar-refractivity contribution >= 4 is 22.9 Å². The van der Waals surface area contributed by atoms with E-state index in [9.17, 15) is 0 Å². The first-order valence-electron chi connectivity index (χ1n) is 11.0. The van der Waals surface area contributed by atoms with Crippen molar-refractivity contribution in [2.45, 2.75) is 0 Å². The number of rotatable bonds is 5. The molecule has 0 spiro atoms. The van der Waals surface area contributed by atoms with Crippen LogP contribution in [0.15, 0.2) is 96.2 Å². The molecule has 0 aliphatic carbocycles. The van der Waals surface area contributed by atoms with Crippen molar-refractivity contribution in [3.63, 3.8) is 0 Å². The van der Waals surface area contributed by atoms with Crippen LogP contribution in [0.2, 0.25) is 0 Å². The van der Waals surface area contributed by atoms with E-state index in [2.05, 4.69) is 15.5 Å². The van der Waals surface area contributed by atoms with Crippen molar-refractivity contribution in [1.82, 2.24) is 14.8 Å². The largest absolute Gasteiger partial charge is 0.486 e. The van der Waals surface area contributed by atoms with Gasteiger partial charge in [0.2, 0.25) is 0 Å². The summed E-state index contributed by atoms with van der Waals surface area (Å²) < 4.78 is 13.3. The van der Waals surface area contributed by atoms with Gasteiger partial charge in [0.15, 0.2) is 11.5 Å². The number of pyridine rings is 1. The third-order valence-electron chi connectivity index (χ3n) is 5.56. The van der Waals surface area contributed by atoms with E-state index in [1.807, 2.05) is 95.8 Å². The van der Waals surface area contributed by atoms with Crippen LogP contribution in [0.3, 0.4) is 0 Å². The summed E-state index contributed by atoms with van der Waals surface area (Å²) in [5.41, 5.74) is 7.48. The highest BCUT2D eigenvalue weighted by molar-refractivity contribution is 5.89. The number of nitrogens with one attached hydrogen (secondary N) is 1. The molecule has 0 unspecified atom stereocenters. The number of anilines is 1. The maximum absolute atomic E-state index is 5.78. The highest BCUT2D eigenvalue weighted by Gasteiger charge is 2.16. The number of fused-ring (bicyclic) bond motifs is 2. The second-order valence-corrected chi connectivity index (χ2v) is 7.83. The lowest BCUT2D eigenvalue weighted by molar-refractivity contribution is 0.171. The Hall–Kier alpha value is -4.65. The molecular formula is C27H21N5O2. The van der Waals surface area contributed by atoms with Crippen LogP contribution in [0.25, 0.3) is 27.8 Å². The molecule has 0 saturated heterocycles. The normalized spacial score (nSPS) is 12.8. The van der Waals surface area contributed by atoms with Crippen molar-refractivity contribution < 1.29 is 9.47 Å². The minimum Gasteiger partial charge on any atom is -0.486 e. The van der Waals surface area contributed by atoms with Gasteiger partial charge in [-0.3, -0.25) is 5.43 Å². The first-order chi connectivity index (χ1) is 16.8. The molecule has 1 N–H and O–H groups in total. The third-order valence-corrected chi connectivity index (χ3v) is 5.56. The Morgan fingerprint density at radius 3 is 2.59 bits per heavy atom. The maximum Gasteiger partial charge on any atom is 0.162 e. The summed E-state index contributed by atoms with van der Waals surface area (Å²) in [7, 11) is 0. The monoisotopic (exact) mass is 447 g/mol. The summed E-state index contributed by atoms with van der Waals surface area (Å²) >= 11 is 0. The number of nitrogens with zero attached hydrogens (tertiary/aromatic N) is 4. The number of hydrazone groups is 1. The topological polar surface area (TPSA) is 73.6 Å². The zero-order valence-electron chi connectivity index (χ0n) is 18.3. The fourth-order valence-corrected chi connectivity index (χ4v) is 3.91. The molecular weight excluding hydrogens is 426 g/mol. The quantitative estimate of drug-likeness (QED) is 0.292. The minimum absolute atomic E-state index is 0.534. The van der Waals surface area contributed by atoms with Crippen LogP contribution >= 0.6 is 0 Å². The molecule has 2 aromatic heterocycles. The second kappa shape index (κ2) is 8.71. The summed E-state index contributed by atoms with van der Waals surface area (Å²) in [5.74, 6) is 2.14. The molecule has 7 nitrogen and oxygen atoms in total. The SMILES string of the molecule is C(=N/Nc1ccc2ccccc2n1)/c1cn(-c2ccccc2)nc1-c1ccc2c(c1)OCCO2. The molecule has 3 heterocycles. The lowest BCUT2D eigenvalue weighted by Crippen LogP contribution is -2.15. The molecule has 5 aromatic rings. The van der Waals surface area contributed by atoms with Crippen molar-refractivity contribution in [2.75, 3.05) is 18.6 Å². The first kappa shape index (κ1) is 20.0. The van der Waals surface area contributed by atoms with Crippen LogP contribution < -0.4 is 14.9 Å². The van der Waals surface area contributed by atoms with Gasteiger partial charge in [-0.1, -0.05) is 36.4 Å². The number of hydrogen-bond donors (Lipinski definition) is 1. The van der Waals surface area contributed by atoms with Crippen molar-refractivity contribution in [3.8, 4) is 28.4 Å². The molecule has 0 amide bonds. The van der Waals surface area contributed by atoms with Crippen LogP contribution in [-0.4, -0.2) is 34.2 Å². The minimum atomic E-state index is 0.534. The molecule has 1 aliphatic heterocycles. The Labute approximate surface area is 196 Å². The van der Waals surface area contributed by atoms with Crippen LogP contribution in [-0.2, 0) is 0 Å². The van der Waals surface area contributed by atoms with E-state index in [1.54, 1.807) is 6.21 Å². The number of ether oxygens (including phenoxy) is 2. The van der Waals surface area contributed by atoms with E-state index in [0.717, 1.165) is 44.9 Å². The van der Waals surface area contributed by atoms with E-state index >= 15 is 0 Å². The molecule has 7 heteroatoms. The Balaban J connectivity index is 1.35. The fraction of sp³-hybridized carbons (Fsp3) is 0.0741. The van der Waals surface area contributed by atoms with E-state index in [4.69, 9.17) is 14.6 Å². The van der Waals surface area contributed by atoms with Gasteiger partial charge < -0.3 is 9.47 Å². The van der Waals surface area contributed by atoms with E-state index in [-0.39, 0.29) is 0 Å². The van der Waals surface area contributed by atoms with E-state index in [1.165, 1.54) is 0 Å². The molecule has 6 rings (SSSR count). The summed E-state index contributed by atoms with van der Waals surface area (Å²) in [6, 6.07) is 27.8. The van der Waals surface area contributed by atoms with Crippen LogP contribution in [0.5, 0.6) is 11.5 Å². The molecule has 0 radical (unpaired) electrons. The average molecular weight is 447 g/mol. The van der Waals surface area contributed by atoms with E-state index < -0.39 is 0 Å². The molecule has 0 saturated carbocycles. The predicted molar refractivity (Wildman–Crippen MR) is 133 cm³/mol. The lowest BCUT2D eigenvalue weighted by Gasteiger charge is -2.18. The standard InChI is InChI=1S/C27H21N5O2/c1-2-7-22(8-3-1)32-18-21(17-28-30-26-13-11-19-6-4-5-9-23(19)29-26)27(31-32)20-10-12-24-25(16-20)34-15-14-33-24/h1-13,16-18H,14-15H2,(H,29,30)/b28-17-. The van der Waals surface area contributed by atoms with Gasteiger partial charge in [-0.15, -0.1) is 0 Å². The zero-order chi connectivity index (χ0) is 22.7. The summed E-state index contributed by atoms with van der Waals surface area (Å²) in [6.07, 6.45) is 3.72. The number of hydrogen-bond acceptors (Lipinski definition) is 6. The van der Waals surface area contributed by atoms with Crippen LogP contribution in [0, 0.1) is 0 Å². The van der Waals surface area contributed by atoms with Gasteiger partial charge in [-0.2, -0.15) is 10.2 Å². The van der Waals surface area contributed by atoms with E-state index in [0.29, 0.717) is 19.0 Å². The lowest BCUT2D eigenvalue weighted by atomic mass is 10.1. The van der Waals surface area contributed by atoms with Gasteiger partial charge in [-0.25, -0.2) is 9.67 Å².